The van der Waals surface area contributed by atoms with Crippen LogP contribution in [-0.2, 0) is 6.42 Å². The molecule has 0 amide bonds. The van der Waals surface area contributed by atoms with Crippen molar-refractivity contribution < 1.29 is 0 Å². The molecule has 60 valence electrons. The lowest BCUT2D eigenvalue weighted by Crippen LogP contribution is -1.89. The highest BCUT2D eigenvalue weighted by molar-refractivity contribution is 6.31. The van der Waals surface area contributed by atoms with E-state index in [0.717, 1.165) is 17.1 Å². The minimum atomic E-state index is 0.853. The van der Waals surface area contributed by atoms with Crippen LogP contribution in [0, 0.1) is 0 Å². The highest BCUT2D eigenvalue weighted by Gasteiger charge is 1.97. The molecular formula is C9H12ClN. The van der Waals surface area contributed by atoms with Crippen molar-refractivity contribution in [2.45, 2.75) is 13.3 Å². The predicted octanol–water partition coefficient (Wildman–Crippen LogP) is 2.94. The van der Waals surface area contributed by atoms with Gasteiger partial charge >= 0.3 is 0 Å². The molecule has 0 spiro atoms. The summed E-state index contributed by atoms with van der Waals surface area (Å²) in [5.41, 5.74) is 2.31. The summed E-state index contributed by atoms with van der Waals surface area (Å²) in [4.78, 5) is 0. The van der Waals surface area contributed by atoms with E-state index < -0.39 is 0 Å². The molecule has 0 fully saturated rings. The van der Waals surface area contributed by atoms with Crippen LogP contribution < -0.4 is 5.32 Å². The van der Waals surface area contributed by atoms with Crippen molar-refractivity contribution in [3.63, 3.8) is 0 Å². The SMILES string of the molecule is CCc1cc(NC)ccc1Cl. The highest BCUT2D eigenvalue weighted by Crippen LogP contribution is 2.20. The van der Waals surface area contributed by atoms with Crippen molar-refractivity contribution in [1.82, 2.24) is 0 Å². The maximum Gasteiger partial charge on any atom is 0.0439 e. The van der Waals surface area contributed by atoms with Crippen LogP contribution >= 0.6 is 11.6 Å². The van der Waals surface area contributed by atoms with Gasteiger partial charge in [0.25, 0.3) is 0 Å². The van der Waals surface area contributed by atoms with Crippen molar-refractivity contribution in [3.05, 3.63) is 28.8 Å². The third-order valence-electron chi connectivity index (χ3n) is 1.72. The summed E-state index contributed by atoms with van der Waals surface area (Å²) < 4.78 is 0. The van der Waals surface area contributed by atoms with Gasteiger partial charge in [0.15, 0.2) is 0 Å². The van der Waals surface area contributed by atoms with Gasteiger partial charge in [0.05, 0.1) is 0 Å². The molecule has 11 heavy (non-hydrogen) atoms. The molecular weight excluding hydrogens is 158 g/mol. The van der Waals surface area contributed by atoms with E-state index in [4.69, 9.17) is 11.6 Å². The Morgan fingerprint density at radius 1 is 1.45 bits per heavy atom. The van der Waals surface area contributed by atoms with E-state index >= 15 is 0 Å². The lowest BCUT2D eigenvalue weighted by molar-refractivity contribution is 1.14. The first-order valence-electron chi connectivity index (χ1n) is 3.74. The second kappa shape index (κ2) is 3.63. The lowest BCUT2D eigenvalue weighted by atomic mass is 10.1. The van der Waals surface area contributed by atoms with Crippen LogP contribution in [0.25, 0.3) is 0 Å². The number of nitrogens with one attached hydrogen (secondary N) is 1. The molecule has 0 radical (unpaired) electrons. The lowest BCUT2D eigenvalue weighted by Gasteiger charge is -2.04. The maximum absolute atomic E-state index is 5.93. The first-order valence-corrected chi connectivity index (χ1v) is 4.12. The van der Waals surface area contributed by atoms with Crippen molar-refractivity contribution in [2.75, 3.05) is 12.4 Å². The van der Waals surface area contributed by atoms with Gasteiger partial charge in [0.2, 0.25) is 0 Å². The number of rotatable bonds is 2. The number of hydrogen-bond donors (Lipinski definition) is 1. The zero-order valence-electron chi connectivity index (χ0n) is 6.82. The Morgan fingerprint density at radius 2 is 2.18 bits per heavy atom. The Bertz CT molecular complexity index is 245. The van der Waals surface area contributed by atoms with Crippen molar-refractivity contribution in [1.29, 1.82) is 0 Å². The topological polar surface area (TPSA) is 12.0 Å². The van der Waals surface area contributed by atoms with Crippen LogP contribution in [0.3, 0.4) is 0 Å². The smallest absolute Gasteiger partial charge is 0.0439 e. The molecule has 0 aromatic heterocycles. The molecule has 0 unspecified atom stereocenters. The van der Waals surface area contributed by atoms with E-state index in [0.29, 0.717) is 0 Å². The maximum atomic E-state index is 5.93. The van der Waals surface area contributed by atoms with Crippen LogP contribution in [-0.4, -0.2) is 7.05 Å². The van der Waals surface area contributed by atoms with Crippen LogP contribution in [0.2, 0.25) is 5.02 Å². The molecule has 1 aromatic carbocycles. The largest absolute Gasteiger partial charge is 0.388 e. The first kappa shape index (κ1) is 8.41. The quantitative estimate of drug-likeness (QED) is 0.718. The number of hydrogen-bond acceptors (Lipinski definition) is 1. The standard InChI is InChI=1S/C9H12ClN/c1-3-7-6-8(11-2)4-5-9(7)10/h4-6,11H,3H2,1-2H3. The highest BCUT2D eigenvalue weighted by atomic mass is 35.5. The number of aryl methyl sites for hydroxylation is 1. The third kappa shape index (κ3) is 1.87. The molecule has 0 aliphatic rings. The molecule has 1 N–H and O–H groups in total. The fraction of sp³-hybridized carbons (Fsp3) is 0.333. The van der Waals surface area contributed by atoms with E-state index in [-0.39, 0.29) is 0 Å². The Hall–Kier alpha value is -0.690. The molecule has 0 aliphatic carbocycles. The van der Waals surface area contributed by atoms with Gasteiger partial charge in [-0.2, -0.15) is 0 Å². The minimum absolute atomic E-state index is 0.853. The van der Waals surface area contributed by atoms with Gasteiger partial charge < -0.3 is 5.32 Å². The predicted molar refractivity (Wildman–Crippen MR) is 50.4 cm³/mol. The molecule has 0 saturated carbocycles. The number of halogens is 1. The average Bonchev–Trinajstić information content (AvgIpc) is 2.05. The van der Waals surface area contributed by atoms with E-state index in [9.17, 15) is 0 Å². The molecule has 0 aliphatic heterocycles. The Balaban J connectivity index is 3.02. The molecule has 1 nitrogen and oxygen atoms in total. The summed E-state index contributed by atoms with van der Waals surface area (Å²) in [7, 11) is 1.91. The van der Waals surface area contributed by atoms with Gasteiger partial charge in [0.1, 0.15) is 0 Å². The summed E-state index contributed by atoms with van der Waals surface area (Å²) in [5.74, 6) is 0. The molecule has 0 heterocycles. The van der Waals surface area contributed by atoms with E-state index in [1.165, 1.54) is 5.56 Å². The second-order valence-electron chi connectivity index (χ2n) is 2.41. The monoisotopic (exact) mass is 169 g/mol. The molecule has 1 aromatic rings. The van der Waals surface area contributed by atoms with E-state index in [1.807, 2.05) is 19.2 Å². The molecule has 2 heteroatoms. The fourth-order valence-electron chi connectivity index (χ4n) is 1.00. The zero-order valence-corrected chi connectivity index (χ0v) is 7.57. The molecule has 0 bridgehead atoms. The third-order valence-corrected chi connectivity index (χ3v) is 2.08. The van der Waals surface area contributed by atoms with Crippen LogP contribution in [0.5, 0.6) is 0 Å². The normalized spacial score (nSPS) is 9.73. The van der Waals surface area contributed by atoms with Crippen molar-refractivity contribution in [2.24, 2.45) is 0 Å². The fourth-order valence-corrected chi connectivity index (χ4v) is 1.25. The average molecular weight is 170 g/mol. The van der Waals surface area contributed by atoms with Gasteiger partial charge in [-0.05, 0) is 30.2 Å². The summed E-state index contributed by atoms with van der Waals surface area (Å²) in [5, 5.41) is 3.92. The van der Waals surface area contributed by atoms with Crippen molar-refractivity contribution >= 4 is 17.3 Å². The van der Waals surface area contributed by atoms with Crippen LogP contribution in [0.4, 0.5) is 5.69 Å². The Kier molecular flexibility index (Phi) is 2.77. The summed E-state index contributed by atoms with van der Waals surface area (Å²) in [6.45, 7) is 2.10. The van der Waals surface area contributed by atoms with Gasteiger partial charge in [-0.3, -0.25) is 0 Å². The molecule has 0 atom stereocenters. The Morgan fingerprint density at radius 3 is 2.73 bits per heavy atom. The van der Waals surface area contributed by atoms with E-state index in [1.54, 1.807) is 0 Å². The second-order valence-corrected chi connectivity index (χ2v) is 2.82. The number of benzene rings is 1. The van der Waals surface area contributed by atoms with Crippen LogP contribution in [0.1, 0.15) is 12.5 Å². The van der Waals surface area contributed by atoms with Gasteiger partial charge in [-0.15, -0.1) is 0 Å². The summed E-state index contributed by atoms with van der Waals surface area (Å²) >= 11 is 5.93. The zero-order chi connectivity index (χ0) is 8.27. The minimum Gasteiger partial charge on any atom is -0.388 e. The first-order chi connectivity index (χ1) is 5.27. The Labute approximate surface area is 72.4 Å². The summed E-state index contributed by atoms with van der Waals surface area (Å²) in [6.07, 6.45) is 0.981. The van der Waals surface area contributed by atoms with Crippen molar-refractivity contribution in [3.8, 4) is 0 Å². The van der Waals surface area contributed by atoms with E-state index in [2.05, 4.69) is 18.3 Å². The van der Waals surface area contributed by atoms with Gasteiger partial charge in [-0.1, -0.05) is 18.5 Å². The molecule has 1 rings (SSSR count). The van der Waals surface area contributed by atoms with Gasteiger partial charge in [-0.25, -0.2) is 0 Å². The van der Waals surface area contributed by atoms with Crippen LogP contribution in [0.15, 0.2) is 18.2 Å². The summed E-state index contributed by atoms with van der Waals surface area (Å²) in [6, 6.07) is 5.97. The number of anilines is 1. The van der Waals surface area contributed by atoms with Gasteiger partial charge in [0, 0.05) is 17.8 Å². The molecule has 0 saturated heterocycles.